The monoisotopic (exact) mass is 287 g/mol. The number of hydrogen-bond acceptors (Lipinski definition) is 3. The number of nitrogens with two attached hydrogens (primary N) is 1. The third-order valence-corrected chi connectivity index (χ3v) is 2.91. The zero-order valence-electron chi connectivity index (χ0n) is 15.2. The molecule has 0 fully saturated rings. The minimum atomic E-state index is -0.213. The topological polar surface area (TPSA) is 44.5 Å². The molecule has 0 heterocycles. The second-order valence-corrected chi connectivity index (χ2v) is 9.12. The van der Waals surface area contributed by atoms with Crippen LogP contribution in [0.3, 0.4) is 0 Å². The Morgan fingerprint density at radius 1 is 0.650 bits per heavy atom. The molecule has 0 saturated carbocycles. The fraction of sp³-hybridized carbons (Fsp3) is 1.00. The van der Waals surface area contributed by atoms with Gasteiger partial charge in [-0.1, -0.05) is 20.8 Å². The van der Waals surface area contributed by atoms with E-state index in [4.69, 9.17) is 15.2 Å². The first-order chi connectivity index (χ1) is 8.62. The van der Waals surface area contributed by atoms with Gasteiger partial charge >= 0.3 is 0 Å². The second kappa shape index (κ2) is 6.76. The van der Waals surface area contributed by atoms with Gasteiger partial charge in [-0.3, -0.25) is 0 Å². The molecule has 20 heavy (non-hydrogen) atoms. The summed E-state index contributed by atoms with van der Waals surface area (Å²) in [5, 5.41) is 0. The van der Waals surface area contributed by atoms with Crippen molar-refractivity contribution in [3.05, 3.63) is 0 Å². The van der Waals surface area contributed by atoms with Crippen LogP contribution in [0, 0.1) is 5.41 Å². The lowest BCUT2D eigenvalue weighted by Gasteiger charge is -2.34. The highest BCUT2D eigenvalue weighted by Crippen LogP contribution is 2.29. The molecule has 0 atom stereocenters. The first-order valence-corrected chi connectivity index (χ1v) is 7.69. The van der Waals surface area contributed by atoms with Crippen molar-refractivity contribution in [2.75, 3.05) is 13.2 Å². The standard InChI is InChI=1S/C17H37NO2/c1-14(2,3)12-16(6,7)19-10-11-20-17(8,9)13-15(4,5)18/h10-13,18H2,1-9H3. The minimum absolute atomic E-state index is 0.112. The fourth-order valence-corrected chi connectivity index (χ4v) is 3.11. The Hall–Kier alpha value is -0.120. The van der Waals surface area contributed by atoms with Gasteiger partial charge < -0.3 is 15.2 Å². The molecule has 0 aliphatic heterocycles. The molecule has 0 bridgehead atoms. The average molecular weight is 287 g/mol. The Bertz CT molecular complexity index is 252. The summed E-state index contributed by atoms with van der Waals surface area (Å²) in [5.41, 5.74) is 5.79. The van der Waals surface area contributed by atoms with E-state index >= 15 is 0 Å². The van der Waals surface area contributed by atoms with Crippen LogP contribution in [0.4, 0.5) is 0 Å². The quantitative estimate of drug-likeness (QED) is 0.682. The zero-order valence-corrected chi connectivity index (χ0v) is 15.2. The van der Waals surface area contributed by atoms with E-state index in [1.807, 2.05) is 13.8 Å². The van der Waals surface area contributed by atoms with Crippen LogP contribution in [0.15, 0.2) is 0 Å². The van der Waals surface area contributed by atoms with Gasteiger partial charge in [0.25, 0.3) is 0 Å². The predicted molar refractivity (Wildman–Crippen MR) is 87.0 cm³/mol. The lowest BCUT2D eigenvalue weighted by atomic mass is 9.84. The summed E-state index contributed by atoms with van der Waals surface area (Å²) in [6.07, 6.45) is 1.85. The molecule has 0 radical (unpaired) electrons. The van der Waals surface area contributed by atoms with Gasteiger partial charge in [-0.2, -0.15) is 0 Å². The molecule has 0 aromatic rings. The zero-order chi connectivity index (χ0) is 16.2. The van der Waals surface area contributed by atoms with Gasteiger partial charge in [0, 0.05) is 5.54 Å². The van der Waals surface area contributed by atoms with E-state index < -0.39 is 0 Å². The van der Waals surface area contributed by atoms with Crippen LogP contribution >= 0.6 is 0 Å². The summed E-state index contributed by atoms with van der Waals surface area (Å²) in [7, 11) is 0. The van der Waals surface area contributed by atoms with Crippen molar-refractivity contribution in [1.82, 2.24) is 0 Å². The van der Waals surface area contributed by atoms with Gasteiger partial charge in [-0.25, -0.2) is 0 Å². The molecule has 2 N–H and O–H groups in total. The summed E-state index contributed by atoms with van der Waals surface area (Å²) >= 11 is 0. The Kier molecular flexibility index (Phi) is 6.72. The summed E-state index contributed by atoms with van der Waals surface area (Å²) in [6, 6.07) is 0. The van der Waals surface area contributed by atoms with E-state index in [9.17, 15) is 0 Å². The number of hydrogen-bond donors (Lipinski definition) is 1. The third-order valence-electron chi connectivity index (χ3n) is 2.91. The van der Waals surface area contributed by atoms with Crippen molar-refractivity contribution in [2.24, 2.45) is 11.1 Å². The largest absolute Gasteiger partial charge is 0.373 e. The van der Waals surface area contributed by atoms with Gasteiger partial charge in [0.05, 0.1) is 24.4 Å². The van der Waals surface area contributed by atoms with Crippen molar-refractivity contribution in [3.8, 4) is 0 Å². The molecule has 0 saturated heterocycles. The van der Waals surface area contributed by atoms with Crippen molar-refractivity contribution in [3.63, 3.8) is 0 Å². The molecule has 0 aliphatic rings. The maximum Gasteiger partial charge on any atom is 0.0708 e. The molecule has 0 unspecified atom stereocenters. The molecule has 3 heteroatoms. The molecule has 0 aliphatic carbocycles. The van der Waals surface area contributed by atoms with Crippen LogP contribution < -0.4 is 5.73 Å². The van der Waals surface area contributed by atoms with E-state index in [2.05, 4.69) is 48.5 Å². The van der Waals surface area contributed by atoms with Crippen molar-refractivity contribution in [2.45, 2.75) is 91.9 Å². The molecular formula is C17H37NO2. The molecular weight excluding hydrogens is 250 g/mol. The molecule has 0 aromatic heterocycles. The van der Waals surface area contributed by atoms with Crippen LogP contribution in [-0.4, -0.2) is 30.0 Å². The first kappa shape index (κ1) is 19.9. The lowest BCUT2D eigenvalue weighted by molar-refractivity contribution is -0.0999. The van der Waals surface area contributed by atoms with Crippen LogP contribution in [0.25, 0.3) is 0 Å². The van der Waals surface area contributed by atoms with E-state index in [0.717, 1.165) is 12.8 Å². The first-order valence-electron chi connectivity index (χ1n) is 7.69. The van der Waals surface area contributed by atoms with Gasteiger partial charge in [-0.05, 0) is 59.8 Å². The van der Waals surface area contributed by atoms with Crippen LogP contribution in [0.2, 0.25) is 0 Å². The van der Waals surface area contributed by atoms with Gasteiger partial charge in [0.2, 0.25) is 0 Å². The highest BCUT2D eigenvalue weighted by molar-refractivity contribution is 4.83. The Labute approximate surface area is 126 Å². The maximum atomic E-state index is 6.05. The van der Waals surface area contributed by atoms with E-state index in [-0.39, 0.29) is 22.2 Å². The van der Waals surface area contributed by atoms with E-state index in [1.54, 1.807) is 0 Å². The molecule has 0 amide bonds. The number of rotatable bonds is 8. The van der Waals surface area contributed by atoms with E-state index in [0.29, 0.717) is 13.2 Å². The molecule has 0 aromatic carbocycles. The summed E-state index contributed by atoms with van der Waals surface area (Å²) in [4.78, 5) is 0. The summed E-state index contributed by atoms with van der Waals surface area (Å²) < 4.78 is 11.9. The summed E-state index contributed by atoms with van der Waals surface area (Å²) in [5.74, 6) is 0. The normalized spacial score (nSPS) is 14.7. The molecule has 0 rings (SSSR count). The lowest BCUT2D eigenvalue weighted by Crippen LogP contribution is -2.42. The highest BCUT2D eigenvalue weighted by Gasteiger charge is 2.28. The van der Waals surface area contributed by atoms with Crippen LogP contribution in [-0.2, 0) is 9.47 Å². The van der Waals surface area contributed by atoms with Crippen molar-refractivity contribution in [1.29, 1.82) is 0 Å². The molecule has 122 valence electrons. The smallest absolute Gasteiger partial charge is 0.0708 e. The Morgan fingerprint density at radius 3 is 1.30 bits per heavy atom. The SMILES string of the molecule is CC(C)(C)CC(C)(C)OCCOC(C)(C)CC(C)(C)N. The minimum Gasteiger partial charge on any atom is -0.373 e. The summed E-state index contributed by atoms with van der Waals surface area (Å²) in [6.45, 7) is 20.5. The van der Waals surface area contributed by atoms with Crippen molar-refractivity contribution >= 4 is 0 Å². The van der Waals surface area contributed by atoms with Gasteiger partial charge in [0.15, 0.2) is 0 Å². The fourth-order valence-electron chi connectivity index (χ4n) is 3.11. The van der Waals surface area contributed by atoms with Crippen LogP contribution in [0.1, 0.15) is 75.2 Å². The molecule has 0 spiro atoms. The highest BCUT2D eigenvalue weighted by atomic mass is 16.5. The molecule has 3 nitrogen and oxygen atoms in total. The third kappa shape index (κ3) is 11.7. The van der Waals surface area contributed by atoms with Gasteiger partial charge in [-0.15, -0.1) is 0 Å². The Balaban J connectivity index is 4.08. The van der Waals surface area contributed by atoms with E-state index in [1.165, 1.54) is 0 Å². The Morgan fingerprint density at radius 2 is 1.00 bits per heavy atom. The van der Waals surface area contributed by atoms with Crippen molar-refractivity contribution < 1.29 is 9.47 Å². The van der Waals surface area contributed by atoms with Gasteiger partial charge in [0.1, 0.15) is 0 Å². The maximum absolute atomic E-state index is 6.05. The average Bonchev–Trinajstić information content (AvgIpc) is 2.04. The van der Waals surface area contributed by atoms with Crippen LogP contribution in [0.5, 0.6) is 0 Å². The second-order valence-electron chi connectivity index (χ2n) is 9.12. The number of ether oxygens (including phenoxy) is 2. The predicted octanol–water partition coefficient (Wildman–Crippen LogP) is 4.14.